The van der Waals surface area contributed by atoms with Crippen LogP contribution in [0.1, 0.15) is 68.9 Å². The van der Waals surface area contributed by atoms with Crippen molar-refractivity contribution in [1.29, 1.82) is 0 Å². The van der Waals surface area contributed by atoms with Gasteiger partial charge in [-0.2, -0.15) is 0 Å². The van der Waals surface area contributed by atoms with Gasteiger partial charge < -0.3 is 5.32 Å². The van der Waals surface area contributed by atoms with Gasteiger partial charge in [-0.05, 0) is 19.9 Å². The minimum atomic E-state index is 0.339. The van der Waals surface area contributed by atoms with Crippen molar-refractivity contribution in [1.82, 2.24) is 15.5 Å². The van der Waals surface area contributed by atoms with Crippen LogP contribution in [0.5, 0.6) is 0 Å². The molecule has 3 nitrogen and oxygen atoms in total. The fourth-order valence-corrected chi connectivity index (χ4v) is 2.73. The van der Waals surface area contributed by atoms with Crippen molar-refractivity contribution >= 4 is 11.3 Å². The molecule has 0 aliphatic carbocycles. The number of unbranched alkanes of at least 4 members (excludes halogenated alkanes) is 4. The summed E-state index contributed by atoms with van der Waals surface area (Å²) < 4.78 is 0. The third-order valence-corrected chi connectivity index (χ3v) is 4.02. The van der Waals surface area contributed by atoms with Gasteiger partial charge in [0.05, 0.1) is 6.04 Å². The predicted octanol–water partition coefficient (Wildman–Crippen LogP) is 3.72. The fraction of sp³-hybridized carbons (Fsp3) is 0.846. The van der Waals surface area contributed by atoms with Crippen LogP contribution < -0.4 is 5.32 Å². The van der Waals surface area contributed by atoms with Gasteiger partial charge in [0.25, 0.3) is 0 Å². The summed E-state index contributed by atoms with van der Waals surface area (Å²) in [5.41, 5.74) is 0. The summed E-state index contributed by atoms with van der Waals surface area (Å²) in [7, 11) is 0. The molecule has 98 valence electrons. The van der Waals surface area contributed by atoms with E-state index in [0.29, 0.717) is 6.04 Å². The van der Waals surface area contributed by atoms with Gasteiger partial charge in [-0.1, -0.05) is 50.9 Å². The molecule has 0 radical (unpaired) electrons. The minimum Gasteiger partial charge on any atom is -0.308 e. The Morgan fingerprint density at radius 3 is 2.59 bits per heavy atom. The number of aryl methyl sites for hydroxylation is 1. The predicted molar refractivity (Wildman–Crippen MR) is 74.5 cm³/mol. The van der Waals surface area contributed by atoms with Crippen molar-refractivity contribution in [2.75, 3.05) is 6.54 Å². The molecule has 1 heterocycles. The first kappa shape index (κ1) is 14.6. The highest BCUT2D eigenvalue weighted by molar-refractivity contribution is 7.11. The number of hydrogen-bond acceptors (Lipinski definition) is 4. The summed E-state index contributed by atoms with van der Waals surface area (Å²) >= 11 is 1.76. The molecule has 0 saturated heterocycles. The lowest BCUT2D eigenvalue weighted by molar-refractivity contribution is 0.589. The van der Waals surface area contributed by atoms with Gasteiger partial charge in [-0.3, -0.25) is 0 Å². The molecular formula is C13H25N3S. The SMILES string of the molecule is CCCCCCCc1nnc(C(C)NCC)s1. The van der Waals surface area contributed by atoms with Crippen molar-refractivity contribution in [3.05, 3.63) is 10.0 Å². The molecule has 1 aromatic heterocycles. The fourth-order valence-electron chi connectivity index (χ4n) is 1.82. The van der Waals surface area contributed by atoms with Crippen molar-refractivity contribution in [3.63, 3.8) is 0 Å². The summed E-state index contributed by atoms with van der Waals surface area (Å²) in [6, 6.07) is 0.339. The lowest BCUT2D eigenvalue weighted by atomic mass is 10.1. The van der Waals surface area contributed by atoms with Crippen molar-refractivity contribution < 1.29 is 0 Å². The number of rotatable bonds is 9. The van der Waals surface area contributed by atoms with E-state index in [2.05, 4.69) is 36.3 Å². The first-order valence-corrected chi connectivity index (χ1v) is 7.65. The van der Waals surface area contributed by atoms with Crippen molar-refractivity contribution in [3.8, 4) is 0 Å². The minimum absolute atomic E-state index is 0.339. The molecule has 4 heteroatoms. The first-order valence-electron chi connectivity index (χ1n) is 6.83. The van der Waals surface area contributed by atoms with E-state index >= 15 is 0 Å². The molecule has 1 atom stereocenters. The lowest BCUT2D eigenvalue weighted by Crippen LogP contribution is -2.17. The topological polar surface area (TPSA) is 37.8 Å². The van der Waals surface area contributed by atoms with Gasteiger partial charge in [-0.25, -0.2) is 0 Å². The summed E-state index contributed by atoms with van der Waals surface area (Å²) in [6.45, 7) is 7.49. The molecule has 1 aromatic rings. The van der Waals surface area contributed by atoms with E-state index < -0.39 is 0 Å². The number of hydrogen-bond donors (Lipinski definition) is 1. The molecule has 1 unspecified atom stereocenters. The Morgan fingerprint density at radius 2 is 1.88 bits per heavy atom. The smallest absolute Gasteiger partial charge is 0.134 e. The number of nitrogens with zero attached hydrogens (tertiary/aromatic N) is 2. The Balaban J connectivity index is 2.25. The largest absolute Gasteiger partial charge is 0.308 e. The Labute approximate surface area is 109 Å². The standard InChI is InChI=1S/C13H25N3S/c1-4-6-7-8-9-10-12-15-16-13(17-12)11(3)14-5-2/h11,14H,4-10H2,1-3H3. The van der Waals surface area contributed by atoms with Crippen LogP contribution in [0.4, 0.5) is 0 Å². The van der Waals surface area contributed by atoms with Crippen LogP contribution in [0, 0.1) is 0 Å². The second-order valence-electron chi connectivity index (χ2n) is 4.48. The molecule has 0 aromatic carbocycles. The quantitative estimate of drug-likeness (QED) is 0.683. The van der Waals surface area contributed by atoms with Gasteiger partial charge in [0.15, 0.2) is 0 Å². The van der Waals surface area contributed by atoms with E-state index in [9.17, 15) is 0 Å². The van der Waals surface area contributed by atoms with E-state index in [1.54, 1.807) is 11.3 Å². The van der Waals surface area contributed by atoms with E-state index in [-0.39, 0.29) is 0 Å². The van der Waals surface area contributed by atoms with Crippen LogP contribution in [-0.4, -0.2) is 16.7 Å². The van der Waals surface area contributed by atoms with Crippen LogP contribution in [0.15, 0.2) is 0 Å². The summed E-state index contributed by atoms with van der Waals surface area (Å²) in [4.78, 5) is 0. The number of aromatic nitrogens is 2. The molecule has 1 rings (SSSR count). The molecule has 0 amide bonds. The van der Waals surface area contributed by atoms with Crippen LogP contribution in [0.2, 0.25) is 0 Å². The molecular weight excluding hydrogens is 230 g/mol. The molecule has 17 heavy (non-hydrogen) atoms. The summed E-state index contributed by atoms with van der Waals surface area (Å²) in [5.74, 6) is 0. The van der Waals surface area contributed by atoms with Crippen LogP contribution in [0.25, 0.3) is 0 Å². The average Bonchev–Trinajstić information content (AvgIpc) is 2.78. The molecule has 1 N–H and O–H groups in total. The van der Waals surface area contributed by atoms with Crippen LogP contribution >= 0.6 is 11.3 Å². The maximum atomic E-state index is 4.27. The van der Waals surface area contributed by atoms with E-state index in [1.165, 1.54) is 37.1 Å². The molecule has 0 spiro atoms. The van der Waals surface area contributed by atoms with E-state index in [4.69, 9.17) is 0 Å². The highest BCUT2D eigenvalue weighted by Gasteiger charge is 2.10. The molecule has 0 aliphatic heterocycles. The molecule has 0 saturated carbocycles. The number of nitrogens with one attached hydrogen (secondary N) is 1. The third kappa shape index (κ3) is 5.59. The summed E-state index contributed by atoms with van der Waals surface area (Å²) in [5, 5.41) is 14.2. The molecule has 0 aliphatic rings. The van der Waals surface area contributed by atoms with Crippen molar-refractivity contribution in [2.45, 2.75) is 65.3 Å². The normalized spacial score (nSPS) is 12.9. The van der Waals surface area contributed by atoms with Crippen molar-refractivity contribution in [2.24, 2.45) is 0 Å². The van der Waals surface area contributed by atoms with Gasteiger partial charge in [0.2, 0.25) is 0 Å². The van der Waals surface area contributed by atoms with Gasteiger partial charge >= 0.3 is 0 Å². The zero-order chi connectivity index (χ0) is 12.5. The zero-order valence-electron chi connectivity index (χ0n) is 11.3. The lowest BCUT2D eigenvalue weighted by Gasteiger charge is -2.06. The van der Waals surface area contributed by atoms with Gasteiger partial charge in [0.1, 0.15) is 10.0 Å². The monoisotopic (exact) mass is 255 g/mol. The Morgan fingerprint density at radius 1 is 1.12 bits per heavy atom. The Hall–Kier alpha value is -0.480. The second-order valence-corrected chi connectivity index (χ2v) is 5.57. The maximum absolute atomic E-state index is 4.27. The first-order chi connectivity index (χ1) is 8.27. The van der Waals surface area contributed by atoms with Gasteiger partial charge in [0, 0.05) is 6.42 Å². The molecule has 0 bridgehead atoms. The van der Waals surface area contributed by atoms with Gasteiger partial charge in [-0.15, -0.1) is 10.2 Å². The Kier molecular flexibility index (Phi) is 7.37. The maximum Gasteiger partial charge on any atom is 0.134 e. The van der Waals surface area contributed by atoms with E-state index in [1.807, 2.05) is 0 Å². The highest BCUT2D eigenvalue weighted by Crippen LogP contribution is 2.19. The second kappa shape index (κ2) is 8.59. The highest BCUT2D eigenvalue weighted by atomic mass is 32.1. The third-order valence-electron chi connectivity index (χ3n) is 2.86. The average molecular weight is 255 g/mol. The molecule has 0 fully saturated rings. The summed E-state index contributed by atoms with van der Waals surface area (Å²) in [6.07, 6.45) is 7.70. The zero-order valence-corrected chi connectivity index (χ0v) is 12.1. The van der Waals surface area contributed by atoms with Crippen LogP contribution in [-0.2, 0) is 6.42 Å². The van der Waals surface area contributed by atoms with Crippen LogP contribution in [0.3, 0.4) is 0 Å². The van der Waals surface area contributed by atoms with E-state index in [0.717, 1.165) is 18.0 Å². The Bertz CT molecular complexity index is 299.